The molecule has 1 aliphatic rings. The molecule has 5 rings (SSSR count). The van der Waals surface area contributed by atoms with E-state index in [1.165, 1.54) is 19.3 Å². The molecule has 0 bridgehead atoms. The van der Waals surface area contributed by atoms with E-state index in [1.54, 1.807) is 6.20 Å². The van der Waals surface area contributed by atoms with E-state index in [1.807, 2.05) is 47.3 Å². The number of hydrogen-bond acceptors (Lipinski definition) is 3. The van der Waals surface area contributed by atoms with Gasteiger partial charge >= 0.3 is 0 Å². The number of imidazole rings is 2. The zero-order valence-corrected chi connectivity index (χ0v) is 19.0. The van der Waals surface area contributed by atoms with Crippen molar-refractivity contribution in [3.05, 3.63) is 69.4 Å². The molecule has 5 nitrogen and oxygen atoms in total. The second kappa shape index (κ2) is 8.95. The second-order valence-electron chi connectivity index (χ2n) is 6.65. The number of ether oxygens (including phenoxy) is 1. The molecule has 0 spiro atoms. The molecule has 4 aromatic rings. The molecule has 1 saturated carbocycles. The highest BCUT2D eigenvalue weighted by atomic mass is 79.9. The zero-order valence-electron chi connectivity index (χ0n) is 15.1. The Morgan fingerprint density at radius 2 is 1.50 bits per heavy atom. The molecule has 28 heavy (non-hydrogen) atoms. The van der Waals surface area contributed by atoms with E-state index in [-0.39, 0.29) is 0 Å². The van der Waals surface area contributed by atoms with Crippen LogP contribution in [0.5, 0.6) is 0 Å². The predicted octanol–water partition coefficient (Wildman–Crippen LogP) is 6.00. The lowest BCUT2D eigenvalue weighted by Gasteiger charge is -2.25. The Morgan fingerprint density at radius 3 is 2.04 bits per heavy atom. The fourth-order valence-corrected chi connectivity index (χ4v) is 3.83. The van der Waals surface area contributed by atoms with E-state index in [2.05, 4.69) is 46.2 Å². The molecule has 1 aliphatic carbocycles. The Bertz CT molecular complexity index is 1090. The average molecular weight is 527 g/mol. The van der Waals surface area contributed by atoms with Gasteiger partial charge in [-0.15, -0.1) is 11.6 Å². The molecule has 4 aromatic heterocycles. The van der Waals surface area contributed by atoms with Crippen molar-refractivity contribution >= 4 is 54.8 Å². The maximum Gasteiger partial charge on any atom is 0.137 e. The van der Waals surface area contributed by atoms with Gasteiger partial charge in [-0.05, 0) is 75.4 Å². The van der Waals surface area contributed by atoms with Gasteiger partial charge in [0.05, 0.1) is 42.4 Å². The lowest BCUT2D eigenvalue weighted by Crippen LogP contribution is -2.21. The van der Waals surface area contributed by atoms with E-state index in [9.17, 15) is 0 Å². The van der Waals surface area contributed by atoms with Gasteiger partial charge in [0.15, 0.2) is 0 Å². The molecule has 8 heteroatoms. The zero-order chi connectivity index (χ0) is 19.5. The van der Waals surface area contributed by atoms with Crippen molar-refractivity contribution in [3.8, 4) is 0 Å². The van der Waals surface area contributed by atoms with E-state index >= 15 is 0 Å². The molecule has 0 amide bonds. The van der Waals surface area contributed by atoms with Crippen LogP contribution in [0.2, 0.25) is 0 Å². The summed E-state index contributed by atoms with van der Waals surface area (Å²) < 4.78 is 11.9. The highest BCUT2D eigenvalue weighted by Crippen LogP contribution is 2.23. The molecular weight excluding hydrogens is 508 g/mol. The van der Waals surface area contributed by atoms with Gasteiger partial charge in [-0.3, -0.25) is 0 Å². The summed E-state index contributed by atoms with van der Waals surface area (Å²) in [5.41, 5.74) is 4.01. The van der Waals surface area contributed by atoms with Gasteiger partial charge in [0.2, 0.25) is 0 Å². The number of nitrogens with zero attached hydrogens (tertiary/aromatic N) is 4. The van der Waals surface area contributed by atoms with Gasteiger partial charge in [-0.2, -0.15) is 0 Å². The summed E-state index contributed by atoms with van der Waals surface area (Å²) in [6.45, 7) is 0.655. The molecule has 0 aliphatic heterocycles. The minimum atomic E-state index is 0.470. The van der Waals surface area contributed by atoms with Crippen LogP contribution in [-0.2, 0) is 17.2 Å². The number of fused-ring (bicyclic) bond motifs is 2. The fraction of sp³-hybridized carbons (Fsp3) is 0.300. The SMILES string of the molecule is Brc1ccc2ncc(COC3CCC3)n2c1.ClCc1cnc2ccc(Br)cn12. The number of halogens is 3. The molecule has 0 atom stereocenters. The van der Waals surface area contributed by atoms with Crippen LogP contribution in [0, 0.1) is 0 Å². The lowest BCUT2D eigenvalue weighted by atomic mass is 9.96. The van der Waals surface area contributed by atoms with Gasteiger partial charge in [0.25, 0.3) is 0 Å². The summed E-state index contributed by atoms with van der Waals surface area (Å²) in [7, 11) is 0. The standard InChI is InChI=1S/C12H13BrN2O.C8H6BrClN2/c13-9-4-5-12-14-6-10(15(12)7-9)8-16-11-2-1-3-11;9-6-1-2-8-11-4-7(3-10)12(8)5-6/h4-7,11H,1-3,8H2;1-2,4-5H,3H2. The fourth-order valence-electron chi connectivity index (χ4n) is 2.96. The molecule has 4 heterocycles. The second-order valence-corrected chi connectivity index (χ2v) is 8.75. The smallest absolute Gasteiger partial charge is 0.137 e. The predicted molar refractivity (Wildman–Crippen MR) is 118 cm³/mol. The van der Waals surface area contributed by atoms with Crippen LogP contribution in [0.15, 0.2) is 58.0 Å². The minimum absolute atomic E-state index is 0.470. The van der Waals surface area contributed by atoms with Gasteiger partial charge in [0.1, 0.15) is 11.3 Å². The van der Waals surface area contributed by atoms with Gasteiger partial charge in [-0.1, -0.05) is 0 Å². The van der Waals surface area contributed by atoms with Crippen LogP contribution in [0.3, 0.4) is 0 Å². The summed E-state index contributed by atoms with van der Waals surface area (Å²) in [6.07, 6.45) is 11.9. The summed E-state index contributed by atoms with van der Waals surface area (Å²) >= 11 is 12.6. The Hall–Kier alpha value is -1.41. The van der Waals surface area contributed by atoms with Crippen LogP contribution in [0.1, 0.15) is 30.7 Å². The number of alkyl halides is 1. The van der Waals surface area contributed by atoms with E-state index in [0.29, 0.717) is 18.6 Å². The largest absolute Gasteiger partial charge is 0.372 e. The number of pyridine rings is 2. The molecule has 0 radical (unpaired) electrons. The molecule has 0 saturated heterocycles. The summed E-state index contributed by atoms with van der Waals surface area (Å²) in [4.78, 5) is 8.53. The highest BCUT2D eigenvalue weighted by Gasteiger charge is 2.18. The maximum atomic E-state index is 5.79. The first-order valence-electron chi connectivity index (χ1n) is 9.04. The van der Waals surface area contributed by atoms with E-state index in [4.69, 9.17) is 16.3 Å². The van der Waals surface area contributed by atoms with Crippen molar-refractivity contribution in [1.29, 1.82) is 0 Å². The van der Waals surface area contributed by atoms with Crippen LogP contribution in [0.25, 0.3) is 11.3 Å². The minimum Gasteiger partial charge on any atom is -0.372 e. The Kier molecular flexibility index (Phi) is 6.35. The third-order valence-corrected chi connectivity index (χ3v) is 5.96. The number of rotatable bonds is 4. The lowest BCUT2D eigenvalue weighted by molar-refractivity contribution is -0.0103. The van der Waals surface area contributed by atoms with Crippen molar-refractivity contribution in [2.75, 3.05) is 0 Å². The monoisotopic (exact) mass is 524 g/mol. The third kappa shape index (κ3) is 4.43. The van der Waals surface area contributed by atoms with Crippen LogP contribution in [-0.4, -0.2) is 24.9 Å². The van der Waals surface area contributed by atoms with E-state index < -0.39 is 0 Å². The first kappa shape index (κ1) is 19.9. The maximum absolute atomic E-state index is 5.79. The number of hydrogen-bond donors (Lipinski definition) is 0. The topological polar surface area (TPSA) is 43.8 Å². The molecule has 146 valence electrons. The Labute approximate surface area is 185 Å². The summed E-state index contributed by atoms with van der Waals surface area (Å²) in [6, 6.07) is 7.90. The summed E-state index contributed by atoms with van der Waals surface area (Å²) in [5, 5.41) is 0. The first-order chi connectivity index (χ1) is 13.6. The Morgan fingerprint density at radius 1 is 0.929 bits per heavy atom. The molecular formula is C20H19Br2ClN4O. The normalized spacial score (nSPS) is 14.1. The molecule has 0 unspecified atom stereocenters. The summed E-state index contributed by atoms with van der Waals surface area (Å²) in [5.74, 6) is 0.484. The van der Waals surface area contributed by atoms with Crippen molar-refractivity contribution in [3.63, 3.8) is 0 Å². The van der Waals surface area contributed by atoms with Crippen LogP contribution in [0.4, 0.5) is 0 Å². The highest BCUT2D eigenvalue weighted by molar-refractivity contribution is 9.10. The molecule has 1 fully saturated rings. The molecule has 0 N–H and O–H groups in total. The van der Waals surface area contributed by atoms with Crippen molar-refractivity contribution in [2.45, 2.75) is 37.9 Å². The Balaban J connectivity index is 0.000000143. The van der Waals surface area contributed by atoms with Crippen molar-refractivity contribution < 1.29 is 4.74 Å². The van der Waals surface area contributed by atoms with Crippen LogP contribution < -0.4 is 0 Å². The van der Waals surface area contributed by atoms with Gasteiger partial charge in [-0.25, -0.2) is 9.97 Å². The van der Waals surface area contributed by atoms with Crippen LogP contribution >= 0.6 is 43.5 Å². The van der Waals surface area contributed by atoms with E-state index in [0.717, 1.165) is 31.6 Å². The van der Waals surface area contributed by atoms with Crippen molar-refractivity contribution in [1.82, 2.24) is 18.8 Å². The first-order valence-corrected chi connectivity index (χ1v) is 11.2. The number of aromatic nitrogens is 4. The van der Waals surface area contributed by atoms with Gasteiger partial charge in [0, 0.05) is 21.3 Å². The molecule has 0 aromatic carbocycles. The average Bonchev–Trinajstić information content (AvgIpc) is 3.24. The third-order valence-electron chi connectivity index (χ3n) is 4.75. The van der Waals surface area contributed by atoms with Crippen molar-refractivity contribution in [2.24, 2.45) is 0 Å². The quantitative estimate of drug-likeness (QED) is 0.306. The van der Waals surface area contributed by atoms with Gasteiger partial charge < -0.3 is 13.5 Å².